The molecule has 10 heteroatoms. The molecule has 0 aliphatic rings. The van der Waals surface area contributed by atoms with E-state index in [1.165, 1.54) is 0 Å². The van der Waals surface area contributed by atoms with Gasteiger partial charge in [-0.2, -0.15) is 0 Å². The number of nitrogens with one attached hydrogen (secondary N) is 4. The predicted octanol–water partition coefficient (Wildman–Crippen LogP) is 4.24. The zero-order valence-electron chi connectivity index (χ0n) is 23.4. The first-order valence-electron chi connectivity index (χ1n) is 13.7. The third-order valence-electron chi connectivity index (χ3n) is 6.17. The van der Waals surface area contributed by atoms with E-state index in [4.69, 9.17) is 9.47 Å². The average molecular weight is 581 g/mol. The van der Waals surface area contributed by atoms with E-state index < -0.39 is 23.6 Å². The van der Waals surface area contributed by atoms with Gasteiger partial charge in [-0.15, -0.1) is 0 Å². The van der Waals surface area contributed by atoms with Crippen molar-refractivity contribution in [2.45, 2.75) is 32.5 Å². The number of carbonyl (C=O) groups is 4. The lowest BCUT2D eigenvalue weighted by Gasteiger charge is -2.10. The van der Waals surface area contributed by atoms with E-state index in [9.17, 15) is 19.2 Å². The first kappa shape index (κ1) is 30.3. The van der Waals surface area contributed by atoms with Crippen molar-refractivity contribution in [1.82, 2.24) is 21.7 Å². The summed E-state index contributed by atoms with van der Waals surface area (Å²) in [6.45, 7) is 0.818. The molecule has 0 bridgehead atoms. The summed E-state index contributed by atoms with van der Waals surface area (Å²) >= 11 is 0. The number of hydrazine groups is 2. The maximum atomic E-state index is 12.3. The molecule has 0 saturated heterocycles. The normalized spacial score (nSPS) is 10.2. The number of benzene rings is 4. The van der Waals surface area contributed by atoms with Crippen LogP contribution in [0.2, 0.25) is 0 Å². The summed E-state index contributed by atoms with van der Waals surface area (Å²) in [6, 6.07) is 32.5. The van der Waals surface area contributed by atoms with Crippen LogP contribution >= 0.6 is 0 Å². The summed E-state index contributed by atoms with van der Waals surface area (Å²) in [7, 11) is 0. The van der Waals surface area contributed by atoms with Crippen LogP contribution in [0.15, 0.2) is 109 Å². The average Bonchev–Trinajstić information content (AvgIpc) is 3.05. The Hall–Kier alpha value is -5.64. The maximum Gasteiger partial charge on any atom is 0.269 e. The lowest BCUT2D eigenvalue weighted by Crippen LogP contribution is -2.42. The second-order valence-electron chi connectivity index (χ2n) is 9.46. The quantitative estimate of drug-likeness (QED) is 0.185. The van der Waals surface area contributed by atoms with Gasteiger partial charge >= 0.3 is 0 Å². The minimum atomic E-state index is -0.487. The van der Waals surface area contributed by atoms with Gasteiger partial charge in [0.15, 0.2) is 0 Å². The van der Waals surface area contributed by atoms with Crippen molar-refractivity contribution in [3.05, 3.63) is 131 Å². The molecule has 0 aliphatic heterocycles. The third kappa shape index (κ3) is 10.4. The Kier molecular flexibility index (Phi) is 11.3. The Morgan fingerprint density at radius 2 is 0.837 bits per heavy atom. The Balaban J connectivity index is 1.07. The minimum absolute atomic E-state index is 0.00163. The highest BCUT2D eigenvalue weighted by molar-refractivity contribution is 5.96. The fourth-order valence-corrected chi connectivity index (χ4v) is 3.82. The molecule has 4 aromatic rings. The van der Waals surface area contributed by atoms with Gasteiger partial charge in [-0.1, -0.05) is 60.7 Å². The molecule has 10 nitrogen and oxygen atoms in total. The molecule has 0 saturated carbocycles. The van der Waals surface area contributed by atoms with E-state index in [0.29, 0.717) is 35.8 Å². The molecule has 0 aromatic heterocycles. The monoisotopic (exact) mass is 580 g/mol. The van der Waals surface area contributed by atoms with E-state index in [0.717, 1.165) is 11.1 Å². The van der Waals surface area contributed by atoms with Gasteiger partial charge in [-0.05, 0) is 66.1 Å². The Morgan fingerprint density at radius 3 is 1.21 bits per heavy atom. The molecule has 0 fully saturated rings. The molecule has 0 unspecified atom stereocenters. The summed E-state index contributed by atoms with van der Waals surface area (Å²) in [6.07, 6.45) is 0.209. The second-order valence-corrected chi connectivity index (χ2v) is 9.46. The van der Waals surface area contributed by atoms with Crippen LogP contribution in [-0.2, 0) is 22.8 Å². The first-order valence-corrected chi connectivity index (χ1v) is 13.7. The third-order valence-corrected chi connectivity index (χ3v) is 6.17. The molecule has 43 heavy (non-hydrogen) atoms. The summed E-state index contributed by atoms with van der Waals surface area (Å²) in [5.74, 6) is -0.662. The highest BCUT2D eigenvalue weighted by atomic mass is 16.5. The Labute approximate surface area is 249 Å². The van der Waals surface area contributed by atoms with E-state index in [-0.39, 0.29) is 19.3 Å². The van der Waals surface area contributed by atoms with Crippen molar-refractivity contribution < 1.29 is 28.7 Å². The van der Waals surface area contributed by atoms with Crippen LogP contribution in [0.3, 0.4) is 0 Å². The van der Waals surface area contributed by atoms with Crippen LogP contribution in [0, 0.1) is 0 Å². The van der Waals surface area contributed by atoms with Gasteiger partial charge in [0, 0.05) is 24.0 Å². The van der Waals surface area contributed by atoms with Gasteiger partial charge in [0.2, 0.25) is 11.8 Å². The lowest BCUT2D eigenvalue weighted by molar-refractivity contribution is -0.123. The molecule has 0 atom stereocenters. The zero-order valence-corrected chi connectivity index (χ0v) is 23.4. The zero-order chi connectivity index (χ0) is 30.3. The number of ether oxygens (including phenoxy) is 2. The second kappa shape index (κ2) is 16.0. The topological polar surface area (TPSA) is 135 Å². The van der Waals surface area contributed by atoms with Crippen LogP contribution < -0.4 is 31.2 Å². The SMILES string of the molecule is O=C(CCCC(=O)NNC(=O)c1ccc(OCc2ccccc2)cc1)NNC(=O)c1ccc(OCc2ccccc2)cc1. The molecule has 0 aliphatic carbocycles. The smallest absolute Gasteiger partial charge is 0.269 e. The van der Waals surface area contributed by atoms with Crippen molar-refractivity contribution in [3.8, 4) is 11.5 Å². The molecular weight excluding hydrogens is 548 g/mol. The summed E-state index contributed by atoms with van der Waals surface area (Å²) in [5.41, 5.74) is 12.1. The molecule has 220 valence electrons. The minimum Gasteiger partial charge on any atom is -0.489 e. The van der Waals surface area contributed by atoms with Crippen molar-refractivity contribution in [3.63, 3.8) is 0 Å². The van der Waals surface area contributed by atoms with Crippen molar-refractivity contribution in [2.75, 3.05) is 0 Å². The van der Waals surface area contributed by atoms with Gasteiger partial charge in [-0.3, -0.25) is 40.9 Å². The lowest BCUT2D eigenvalue weighted by atomic mass is 10.2. The number of amides is 4. The molecule has 0 heterocycles. The van der Waals surface area contributed by atoms with E-state index in [1.54, 1.807) is 48.5 Å². The Bertz CT molecular complexity index is 1380. The Morgan fingerprint density at radius 1 is 0.465 bits per heavy atom. The molecule has 0 radical (unpaired) electrons. The number of rotatable bonds is 12. The summed E-state index contributed by atoms with van der Waals surface area (Å²) in [5, 5.41) is 0. The summed E-state index contributed by atoms with van der Waals surface area (Å²) in [4.78, 5) is 48.8. The molecular formula is C33H32N4O6. The van der Waals surface area contributed by atoms with Crippen LogP contribution in [0.4, 0.5) is 0 Å². The standard InChI is InChI=1S/C33H32N4O6/c38-30(34-36-32(40)26-14-18-28(19-15-26)42-22-24-8-3-1-4-9-24)12-7-13-31(39)35-37-33(41)27-16-20-29(21-17-27)43-23-25-10-5-2-6-11-25/h1-6,8-11,14-21H,7,12-13,22-23H2,(H,34,38)(H,35,39)(H,36,40)(H,37,41). The van der Waals surface area contributed by atoms with Crippen LogP contribution in [0.5, 0.6) is 11.5 Å². The van der Waals surface area contributed by atoms with E-state index in [2.05, 4.69) is 21.7 Å². The molecule has 4 N–H and O–H groups in total. The predicted molar refractivity (Wildman–Crippen MR) is 160 cm³/mol. The van der Waals surface area contributed by atoms with E-state index in [1.807, 2.05) is 60.7 Å². The van der Waals surface area contributed by atoms with Crippen LogP contribution in [0.1, 0.15) is 51.1 Å². The fraction of sp³-hybridized carbons (Fsp3) is 0.152. The van der Waals surface area contributed by atoms with Gasteiger partial charge in [0.25, 0.3) is 11.8 Å². The largest absolute Gasteiger partial charge is 0.489 e. The van der Waals surface area contributed by atoms with Crippen molar-refractivity contribution in [1.29, 1.82) is 0 Å². The van der Waals surface area contributed by atoms with Crippen LogP contribution in [-0.4, -0.2) is 23.6 Å². The highest BCUT2D eigenvalue weighted by Gasteiger charge is 2.11. The van der Waals surface area contributed by atoms with Crippen molar-refractivity contribution in [2.24, 2.45) is 0 Å². The maximum absolute atomic E-state index is 12.3. The van der Waals surface area contributed by atoms with Crippen molar-refractivity contribution >= 4 is 23.6 Å². The molecule has 4 rings (SSSR count). The number of hydrogen-bond acceptors (Lipinski definition) is 6. The van der Waals surface area contributed by atoms with Gasteiger partial charge in [0.1, 0.15) is 24.7 Å². The highest BCUT2D eigenvalue weighted by Crippen LogP contribution is 2.15. The first-order chi connectivity index (χ1) is 21.0. The molecule has 4 amide bonds. The van der Waals surface area contributed by atoms with E-state index >= 15 is 0 Å². The van der Waals surface area contributed by atoms with Crippen LogP contribution in [0.25, 0.3) is 0 Å². The number of hydrogen-bond donors (Lipinski definition) is 4. The molecule has 4 aromatic carbocycles. The summed E-state index contributed by atoms with van der Waals surface area (Å²) < 4.78 is 11.4. The number of carbonyl (C=O) groups excluding carboxylic acids is 4. The van der Waals surface area contributed by atoms with Gasteiger partial charge in [-0.25, -0.2) is 0 Å². The van der Waals surface area contributed by atoms with Gasteiger partial charge < -0.3 is 9.47 Å². The fourth-order valence-electron chi connectivity index (χ4n) is 3.82. The molecule has 0 spiro atoms. The van der Waals surface area contributed by atoms with Gasteiger partial charge in [0.05, 0.1) is 0 Å².